The Kier molecular flexibility index (Phi) is 11.7. The van der Waals surface area contributed by atoms with Gasteiger partial charge in [0, 0.05) is 29.7 Å². The lowest BCUT2D eigenvalue weighted by Gasteiger charge is -2.25. The van der Waals surface area contributed by atoms with Crippen LogP contribution in [0, 0.1) is 5.92 Å². The standard InChI is InChI=1S/C37H40N2O6/c1-26(2)24-35(40)39(33-16-10-11-17-34(33)43-3)22-23-45-29-20-18-27(19-21-29)25-32(37(42)44-4)38-31-15-9-8-14-30(31)36(41)28-12-6-5-7-13-28/h5-21,26,32,38H,22-25H2,1-4H3/t32-/m0/s1. The van der Waals surface area contributed by atoms with E-state index < -0.39 is 12.0 Å². The molecule has 0 fully saturated rings. The van der Waals surface area contributed by atoms with Gasteiger partial charge in [0.05, 0.1) is 26.5 Å². The van der Waals surface area contributed by atoms with E-state index in [2.05, 4.69) is 5.32 Å². The van der Waals surface area contributed by atoms with Gasteiger partial charge in [-0.3, -0.25) is 9.59 Å². The number of hydrogen-bond donors (Lipinski definition) is 1. The Morgan fingerprint density at radius 2 is 1.47 bits per heavy atom. The molecule has 1 amide bonds. The van der Waals surface area contributed by atoms with Crippen molar-refractivity contribution in [2.45, 2.75) is 32.7 Å². The van der Waals surface area contributed by atoms with E-state index in [9.17, 15) is 14.4 Å². The van der Waals surface area contributed by atoms with Crippen LogP contribution in [0.2, 0.25) is 0 Å². The van der Waals surface area contributed by atoms with Crippen LogP contribution < -0.4 is 19.7 Å². The average Bonchev–Trinajstić information content (AvgIpc) is 3.06. The van der Waals surface area contributed by atoms with E-state index >= 15 is 0 Å². The number of ether oxygens (including phenoxy) is 3. The third-order valence-electron chi connectivity index (χ3n) is 7.23. The molecule has 234 valence electrons. The number of carbonyl (C=O) groups excluding carboxylic acids is 3. The Morgan fingerprint density at radius 1 is 0.800 bits per heavy atom. The molecule has 4 rings (SSSR count). The predicted octanol–water partition coefficient (Wildman–Crippen LogP) is 6.58. The van der Waals surface area contributed by atoms with Crippen LogP contribution in [0.5, 0.6) is 11.5 Å². The maximum absolute atomic E-state index is 13.2. The van der Waals surface area contributed by atoms with Gasteiger partial charge < -0.3 is 24.4 Å². The largest absolute Gasteiger partial charge is 0.495 e. The lowest BCUT2D eigenvalue weighted by atomic mass is 10.00. The highest BCUT2D eigenvalue weighted by Crippen LogP contribution is 2.29. The summed E-state index contributed by atoms with van der Waals surface area (Å²) in [5.74, 6) is 0.890. The zero-order chi connectivity index (χ0) is 32.2. The van der Waals surface area contributed by atoms with Gasteiger partial charge in [0.2, 0.25) is 5.91 Å². The molecule has 0 spiro atoms. The monoisotopic (exact) mass is 608 g/mol. The zero-order valence-corrected chi connectivity index (χ0v) is 26.2. The van der Waals surface area contributed by atoms with Crippen molar-refractivity contribution >= 4 is 29.0 Å². The van der Waals surface area contributed by atoms with Crippen LogP contribution in [-0.2, 0) is 20.7 Å². The van der Waals surface area contributed by atoms with E-state index in [4.69, 9.17) is 14.2 Å². The summed E-state index contributed by atoms with van der Waals surface area (Å²) in [6, 6.07) is 30.3. The fraction of sp³-hybridized carbons (Fsp3) is 0.270. The molecular formula is C37H40N2O6. The van der Waals surface area contributed by atoms with Crippen molar-refractivity contribution < 1.29 is 28.6 Å². The molecular weight excluding hydrogens is 568 g/mol. The van der Waals surface area contributed by atoms with Crippen LogP contribution in [-0.4, -0.2) is 51.1 Å². The Labute approximate surface area is 264 Å². The third-order valence-corrected chi connectivity index (χ3v) is 7.23. The van der Waals surface area contributed by atoms with Crippen LogP contribution in [0.15, 0.2) is 103 Å². The minimum atomic E-state index is -0.729. The van der Waals surface area contributed by atoms with Crippen molar-refractivity contribution in [1.82, 2.24) is 0 Å². The fourth-order valence-electron chi connectivity index (χ4n) is 4.98. The topological polar surface area (TPSA) is 94.2 Å². The van der Waals surface area contributed by atoms with Crippen molar-refractivity contribution in [1.29, 1.82) is 0 Å². The van der Waals surface area contributed by atoms with E-state index in [1.807, 2.05) is 86.6 Å². The van der Waals surface area contributed by atoms with E-state index in [0.717, 1.165) is 5.56 Å². The summed E-state index contributed by atoms with van der Waals surface area (Å²) in [7, 11) is 2.93. The van der Waals surface area contributed by atoms with Gasteiger partial charge in [0.1, 0.15) is 24.1 Å². The average molecular weight is 609 g/mol. The van der Waals surface area contributed by atoms with Crippen molar-refractivity contribution in [3.05, 3.63) is 120 Å². The summed E-state index contributed by atoms with van der Waals surface area (Å²) in [5, 5.41) is 3.23. The molecule has 1 N–H and O–H groups in total. The Hall–Kier alpha value is -5.11. The summed E-state index contributed by atoms with van der Waals surface area (Å²) in [4.78, 5) is 40.8. The first-order chi connectivity index (χ1) is 21.8. The second kappa shape index (κ2) is 16.1. The number of anilines is 2. The van der Waals surface area contributed by atoms with Crippen LogP contribution in [0.1, 0.15) is 41.8 Å². The van der Waals surface area contributed by atoms with Crippen molar-refractivity contribution in [2.24, 2.45) is 5.92 Å². The number of para-hydroxylation sites is 3. The smallest absolute Gasteiger partial charge is 0.328 e. The van der Waals surface area contributed by atoms with Crippen LogP contribution in [0.25, 0.3) is 0 Å². The van der Waals surface area contributed by atoms with Crippen LogP contribution in [0.3, 0.4) is 0 Å². The van der Waals surface area contributed by atoms with Crippen LogP contribution in [0.4, 0.5) is 11.4 Å². The Bertz CT molecular complexity index is 1570. The number of carbonyl (C=O) groups is 3. The van der Waals surface area contributed by atoms with Gasteiger partial charge in [-0.05, 0) is 47.9 Å². The third kappa shape index (κ3) is 8.95. The molecule has 8 nitrogen and oxygen atoms in total. The van der Waals surface area contributed by atoms with E-state index in [1.54, 1.807) is 42.3 Å². The highest BCUT2D eigenvalue weighted by molar-refractivity contribution is 6.12. The van der Waals surface area contributed by atoms with E-state index in [0.29, 0.717) is 53.4 Å². The molecule has 0 heterocycles. The molecule has 45 heavy (non-hydrogen) atoms. The summed E-state index contributed by atoms with van der Waals surface area (Å²) in [6.45, 7) is 4.66. The molecule has 0 bridgehead atoms. The predicted molar refractivity (Wildman–Crippen MR) is 176 cm³/mol. The maximum atomic E-state index is 13.2. The maximum Gasteiger partial charge on any atom is 0.328 e. The second-order valence-corrected chi connectivity index (χ2v) is 11.0. The van der Waals surface area contributed by atoms with Crippen molar-refractivity contribution in [3.63, 3.8) is 0 Å². The van der Waals surface area contributed by atoms with Gasteiger partial charge in [-0.1, -0.05) is 80.6 Å². The highest BCUT2D eigenvalue weighted by atomic mass is 16.5. The van der Waals surface area contributed by atoms with Gasteiger partial charge >= 0.3 is 5.97 Å². The first-order valence-corrected chi connectivity index (χ1v) is 15.0. The summed E-state index contributed by atoms with van der Waals surface area (Å²) >= 11 is 0. The normalized spacial score (nSPS) is 11.4. The molecule has 0 aromatic heterocycles. The van der Waals surface area contributed by atoms with E-state index in [-0.39, 0.29) is 24.2 Å². The van der Waals surface area contributed by atoms with Gasteiger partial charge in [-0.25, -0.2) is 4.79 Å². The number of esters is 1. The Morgan fingerprint density at radius 3 is 2.16 bits per heavy atom. The molecule has 0 saturated carbocycles. The van der Waals surface area contributed by atoms with Gasteiger partial charge in [-0.2, -0.15) is 0 Å². The molecule has 0 aliphatic heterocycles. The van der Waals surface area contributed by atoms with Crippen LogP contribution >= 0.6 is 0 Å². The first-order valence-electron chi connectivity index (χ1n) is 15.0. The minimum absolute atomic E-state index is 0.00171. The molecule has 8 heteroatoms. The minimum Gasteiger partial charge on any atom is -0.495 e. The number of ketones is 1. The molecule has 0 unspecified atom stereocenters. The number of amides is 1. The molecule has 1 atom stereocenters. The van der Waals surface area contributed by atoms with Crippen molar-refractivity contribution in [3.8, 4) is 11.5 Å². The second-order valence-electron chi connectivity index (χ2n) is 11.0. The number of nitrogens with zero attached hydrogens (tertiary/aromatic N) is 1. The highest BCUT2D eigenvalue weighted by Gasteiger charge is 2.23. The molecule has 0 radical (unpaired) electrons. The number of nitrogens with one attached hydrogen (secondary N) is 1. The fourth-order valence-corrected chi connectivity index (χ4v) is 4.98. The number of rotatable bonds is 15. The van der Waals surface area contributed by atoms with Gasteiger partial charge in [0.25, 0.3) is 0 Å². The summed E-state index contributed by atoms with van der Waals surface area (Å²) < 4.78 is 16.6. The van der Waals surface area contributed by atoms with Gasteiger partial charge in [0.15, 0.2) is 5.78 Å². The van der Waals surface area contributed by atoms with Crippen molar-refractivity contribution in [2.75, 3.05) is 37.6 Å². The lowest BCUT2D eigenvalue weighted by molar-refractivity contribution is -0.141. The molecule has 0 saturated heterocycles. The molecule has 4 aromatic rings. The first kappa shape index (κ1) is 32.8. The van der Waals surface area contributed by atoms with Gasteiger partial charge in [-0.15, -0.1) is 0 Å². The molecule has 0 aliphatic carbocycles. The summed E-state index contributed by atoms with van der Waals surface area (Å²) in [5.41, 5.74) is 3.16. The zero-order valence-electron chi connectivity index (χ0n) is 26.2. The molecule has 4 aromatic carbocycles. The van der Waals surface area contributed by atoms with E-state index in [1.165, 1.54) is 7.11 Å². The number of methoxy groups -OCH3 is 2. The lowest BCUT2D eigenvalue weighted by Crippen LogP contribution is -2.35. The number of hydrogen-bond acceptors (Lipinski definition) is 7. The molecule has 0 aliphatic rings. The summed E-state index contributed by atoms with van der Waals surface area (Å²) in [6.07, 6.45) is 0.735. The quantitative estimate of drug-likeness (QED) is 0.120. The Balaban J connectivity index is 1.42. The number of benzene rings is 4. The SMILES string of the molecule is COC(=O)[C@H](Cc1ccc(OCCN(C(=O)CC(C)C)c2ccccc2OC)cc1)Nc1ccccc1C(=O)c1ccccc1.